The molecule has 1 heterocycles. The summed E-state index contributed by atoms with van der Waals surface area (Å²) in [6, 6.07) is 13.7. The summed E-state index contributed by atoms with van der Waals surface area (Å²) in [5, 5.41) is 4.89. The summed E-state index contributed by atoms with van der Waals surface area (Å²) in [6.45, 7) is -0.0651. The van der Waals surface area contributed by atoms with E-state index in [0.717, 1.165) is 11.1 Å². The van der Waals surface area contributed by atoms with Crippen LogP contribution in [0.25, 0.3) is 11.1 Å². The Kier molecular flexibility index (Phi) is 5.48. The minimum Gasteiger partial charge on any atom is -0.439 e. The minimum atomic E-state index is -0.655. The van der Waals surface area contributed by atoms with Gasteiger partial charge in [-0.05, 0) is 11.6 Å². The highest BCUT2D eigenvalue weighted by Gasteiger charge is 2.06. The maximum Gasteiger partial charge on any atom is 0.407 e. The van der Waals surface area contributed by atoms with Crippen molar-refractivity contribution in [2.24, 2.45) is 0 Å². The highest BCUT2D eigenvalue weighted by molar-refractivity contribution is 5.79. The lowest BCUT2D eigenvalue weighted by molar-refractivity contribution is -0.123. The highest BCUT2D eigenvalue weighted by Crippen LogP contribution is 2.17. The molecule has 114 valence electrons. The number of nitrogens with zero attached hydrogens (tertiary/aromatic N) is 1. The molecule has 0 radical (unpaired) electrons. The molecule has 0 spiro atoms. The third-order valence-corrected chi connectivity index (χ3v) is 2.96. The van der Waals surface area contributed by atoms with Crippen LogP contribution < -0.4 is 10.6 Å². The van der Waals surface area contributed by atoms with Crippen molar-refractivity contribution < 1.29 is 14.3 Å². The lowest BCUT2D eigenvalue weighted by Crippen LogP contribution is -2.30. The third-order valence-electron chi connectivity index (χ3n) is 2.96. The molecule has 22 heavy (non-hydrogen) atoms. The van der Waals surface area contributed by atoms with Crippen LogP contribution in [0.4, 0.5) is 4.79 Å². The number of aromatic nitrogens is 1. The zero-order valence-electron chi connectivity index (χ0n) is 12.2. The van der Waals surface area contributed by atoms with Gasteiger partial charge in [0.2, 0.25) is 0 Å². The van der Waals surface area contributed by atoms with Gasteiger partial charge in [-0.15, -0.1) is 0 Å². The highest BCUT2D eigenvalue weighted by atomic mass is 16.6. The molecule has 0 unspecified atom stereocenters. The summed E-state index contributed by atoms with van der Waals surface area (Å²) >= 11 is 0. The molecule has 0 saturated carbocycles. The quantitative estimate of drug-likeness (QED) is 0.881. The van der Waals surface area contributed by atoms with E-state index in [1.54, 1.807) is 6.20 Å². The van der Waals surface area contributed by atoms with E-state index in [9.17, 15) is 9.59 Å². The Hall–Kier alpha value is -2.89. The number of hydrogen-bond acceptors (Lipinski definition) is 4. The summed E-state index contributed by atoms with van der Waals surface area (Å²) in [7, 11) is 1.47. The summed E-state index contributed by atoms with van der Waals surface area (Å²) in [4.78, 5) is 26.6. The van der Waals surface area contributed by atoms with Crippen LogP contribution in [-0.2, 0) is 16.1 Å². The fourth-order valence-corrected chi connectivity index (χ4v) is 1.75. The fourth-order valence-electron chi connectivity index (χ4n) is 1.75. The fraction of sp³-hybridized carbons (Fsp3) is 0.188. The Labute approximate surface area is 128 Å². The molecule has 6 heteroatoms. The second-order valence-corrected chi connectivity index (χ2v) is 4.51. The van der Waals surface area contributed by atoms with Gasteiger partial charge >= 0.3 is 6.09 Å². The number of likely N-dealkylation sites (N-methyl/N-ethyl adjacent to an activating group) is 1. The van der Waals surface area contributed by atoms with Crippen molar-refractivity contribution in [1.82, 2.24) is 15.6 Å². The standard InChI is InChI=1S/C16H17N3O3/c1-17-15(20)11-22-16(21)19-10-14-8-7-13(9-18-14)12-5-3-2-4-6-12/h2-9H,10-11H2,1H3,(H,17,20)(H,19,21). The molecule has 0 aliphatic carbocycles. The van der Waals surface area contributed by atoms with E-state index in [1.807, 2.05) is 42.5 Å². The van der Waals surface area contributed by atoms with Crippen LogP contribution in [0.15, 0.2) is 48.7 Å². The first kappa shape index (κ1) is 15.5. The van der Waals surface area contributed by atoms with Crippen LogP contribution in [0.3, 0.4) is 0 Å². The van der Waals surface area contributed by atoms with Gasteiger partial charge < -0.3 is 15.4 Å². The zero-order chi connectivity index (χ0) is 15.8. The molecule has 1 aromatic carbocycles. The van der Waals surface area contributed by atoms with Gasteiger partial charge in [0.05, 0.1) is 12.2 Å². The first-order valence-electron chi connectivity index (χ1n) is 6.80. The monoisotopic (exact) mass is 299 g/mol. The number of carbonyl (C=O) groups is 2. The number of rotatable bonds is 5. The smallest absolute Gasteiger partial charge is 0.407 e. The second kappa shape index (κ2) is 7.78. The van der Waals surface area contributed by atoms with Crippen molar-refractivity contribution in [3.05, 3.63) is 54.4 Å². The lowest BCUT2D eigenvalue weighted by atomic mass is 10.1. The molecular weight excluding hydrogens is 282 g/mol. The van der Waals surface area contributed by atoms with Gasteiger partial charge in [0.15, 0.2) is 6.61 Å². The van der Waals surface area contributed by atoms with Crippen molar-refractivity contribution in [3.8, 4) is 11.1 Å². The number of carbonyl (C=O) groups excluding carboxylic acids is 2. The maximum absolute atomic E-state index is 11.4. The molecule has 0 atom stereocenters. The number of nitrogens with one attached hydrogen (secondary N) is 2. The van der Waals surface area contributed by atoms with Crippen molar-refractivity contribution in [2.75, 3.05) is 13.7 Å². The van der Waals surface area contributed by atoms with Crippen LogP contribution >= 0.6 is 0 Å². The van der Waals surface area contributed by atoms with Crippen molar-refractivity contribution >= 4 is 12.0 Å². The van der Waals surface area contributed by atoms with Gasteiger partial charge in [-0.25, -0.2) is 4.79 Å². The molecule has 0 bridgehead atoms. The number of amides is 2. The Morgan fingerprint density at radius 2 is 1.86 bits per heavy atom. The third kappa shape index (κ3) is 4.59. The SMILES string of the molecule is CNC(=O)COC(=O)NCc1ccc(-c2ccccc2)cn1. The van der Waals surface area contributed by atoms with Crippen molar-refractivity contribution in [1.29, 1.82) is 0 Å². The molecule has 2 aromatic rings. The molecule has 0 aliphatic heterocycles. The number of alkyl carbamates (subject to hydrolysis) is 1. The molecule has 2 N–H and O–H groups in total. The number of hydrogen-bond donors (Lipinski definition) is 2. The van der Waals surface area contributed by atoms with E-state index in [0.29, 0.717) is 5.69 Å². The van der Waals surface area contributed by atoms with E-state index in [-0.39, 0.29) is 19.1 Å². The number of pyridine rings is 1. The van der Waals surface area contributed by atoms with Crippen molar-refractivity contribution in [2.45, 2.75) is 6.54 Å². The summed E-state index contributed by atoms with van der Waals surface area (Å²) in [5.41, 5.74) is 2.79. The first-order valence-corrected chi connectivity index (χ1v) is 6.80. The van der Waals surface area contributed by atoms with Crippen LogP contribution in [-0.4, -0.2) is 30.6 Å². The van der Waals surface area contributed by atoms with Crippen molar-refractivity contribution in [3.63, 3.8) is 0 Å². The van der Waals surface area contributed by atoms with Crippen LogP contribution in [0, 0.1) is 0 Å². The summed E-state index contributed by atoms with van der Waals surface area (Å²) in [6.07, 6.45) is 1.10. The average molecular weight is 299 g/mol. The van der Waals surface area contributed by atoms with Gasteiger partial charge in [0.1, 0.15) is 0 Å². The average Bonchev–Trinajstić information content (AvgIpc) is 2.59. The van der Waals surface area contributed by atoms with Crippen LogP contribution in [0.5, 0.6) is 0 Å². The molecule has 0 saturated heterocycles. The van der Waals surface area contributed by atoms with Gasteiger partial charge in [0.25, 0.3) is 5.91 Å². The van der Waals surface area contributed by atoms with Gasteiger partial charge in [-0.1, -0.05) is 36.4 Å². The molecule has 6 nitrogen and oxygen atoms in total. The maximum atomic E-state index is 11.4. The minimum absolute atomic E-state index is 0.238. The molecule has 0 fully saturated rings. The van der Waals surface area contributed by atoms with Gasteiger partial charge in [-0.3, -0.25) is 9.78 Å². The topological polar surface area (TPSA) is 80.3 Å². The van der Waals surface area contributed by atoms with E-state index in [4.69, 9.17) is 4.74 Å². The summed E-state index contributed by atoms with van der Waals surface area (Å²) in [5.74, 6) is -0.361. The van der Waals surface area contributed by atoms with E-state index >= 15 is 0 Å². The number of ether oxygens (including phenoxy) is 1. The largest absolute Gasteiger partial charge is 0.439 e. The van der Waals surface area contributed by atoms with E-state index in [1.165, 1.54) is 7.05 Å². The summed E-state index contributed by atoms with van der Waals surface area (Å²) < 4.78 is 4.72. The lowest BCUT2D eigenvalue weighted by Gasteiger charge is -2.07. The normalized spacial score (nSPS) is 9.86. The molecule has 1 aromatic heterocycles. The second-order valence-electron chi connectivity index (χ2n) is 4.51. The predicted octanol–water partition coefficient (Wildman–Crippen LogP) is 1.72. The van der Waals surface area contributed by atoms with Gasteiger partial charge in [-0.2, -0.15) is 0 Å². The molecule has 2 rings (SSSR count). The molecular formula is C16H17N3O3. The Morgan fingerprint density at radius 3 is 2.50 bits per heavy atom. The van der Waals surface area contributed by atoms with Gasteiger partial charge in [0, 0.05) is 18.8 Å². The van der Waals surface area contributed by atoms with E-state index in [2.05, 4.69) is 15.6 Å². The first-order chi connectivity index (χ1) is 10.7. The molecule has 0 aliphatic rings. The van der Waals surface area contributed by atoms with Crippen LogP contribution in [0.2, 0.25) is 0 Å². The van der Waals surface area contributed by atoms with E-state index < -0.39 is 6.09 Å². The Bertz CT molecular complexity index is 627. The molecule has 2 amide bonds. The predicted molar refractivity (Wildman–Crippen MR) is 81.9 cm³/mol. The number of benzene rings is 1. The zero-order valence-corrected chi connectivity index (χ0v) is 12.2. The Morgan fingerprint density at radius 1 is 1.09 bits per heavy atom. The van der Waals surface area contributed by atoms with Crippen LogP contribution in [0.1, 0.15) is 5.69 Å². The Balaban J connectivity index is 1.84.